The van der Waals surface area contributed by atoms with Crippen molar-refractivity contribution >= 4 is 17.7 Å². The van der Waals surface area contributed by atoms with Crippen LogP contribution >= 0.6 is 11.8 Å². The van der Waals surface area contributed by atoms with E-state index in [2.05, 4.69) is 15.5 Å². The van der Waals surface area contributed by atoms with Gasteiger partial charge in [-0.15, -0.1) is 10.2 Å². The number of phenols is 1. The Hall–Kier alpha value is -2.02. The fourth-order valence-electron chi connectivity index (χ4n) is 1.57. The van der Waals surface area contributed by atoms with E-state index in [1.807, 2.05) is 6.92 Å². The van der Waals surface area contributed by atoms with E-state index in [-0.39, 0.29) is 11.7 Å². The molecule has 21 heavy (non-hydrogen) atoms. The van der Waals surface area contributed by atoms with E-state index in [1.54, 1.807) is 24.3 Å². The summed E-state index contributed by atoms with van der Waals surface area (Å²) in [6.45, 7) is 2.72. The largest absolute Gasteiger partial charge is 0.508 e. The molecule has 0 aliphatic carbocycles. The van der Waals surface area contributed by atoms with Gasteiger partial charge < -0.3 is 14.8 Å². The number of nitrogens with one attached hydrogen (secondary N) is 1. The quantitative estimate of drug-likeness (QED) is 0.764. The lowest BCUT2D eigenvalue weighted by molar-refractivity contribution is -0.120. The number of amides is 1. The summed E-state index contributed by atoms with van der Waals surface area (Å²) in [5.41, 5.74) is 0.743. The van der Waals surface area contributed by atoms with Crippen molar-refractivity contribution < 1.29 is 14.3 Å². The summed E-state index contributed by atoms with van der Waals surface area (Å²) in [6, 6.07) is 6.53. The van der Waals surface area contributed by atoms with Gasteiger partial charge in [0.2, 0.25) is 11.8 Å². The third-order valence-electron chi connectivity index (χ3n) is 2.65. The smallest absolute Gasteiger partial charge is 0.276 e. The number of aromatic nitrogens is 2. The van der Waals surface area contributed by atoms with E-state index >= 15 is 0 Å². The van der Waals surface area contributed by atoms with Crippen molar-refractivity contribution in [2.24, 2.45) is 0 Å². The SMILES string of the molecule is CCCNC(=O)CCSc1nnc(-c2ccc(O)cc2)o1. The number of benzene rings is 1. The fraction of sp³-hybridized carbons (Fsp3) is 0.357. The van der Waals surface area contributed by atoms with Crippen LogP contribution < -0.4 is 5.32 Å². The average molecular weight is 307 g/mol. The van der Waals surface area contributed by atoms with E-state index in [9.17, 15) is 9.90 Å². The van der Waals surface area contributed by atoms with Crippen molar-refractivity contribution in [3.8, 4) is 17.2 Å². The van der Waals surface area contributed by atoms with Gasteiger partial charge in [-0.25, -0.2) is 0 Å². The summed E-state index contributed by atoms with van der Waals surface area (Å²) in [5.74, 6) is 1.20. The Kier molecular flexibility index (Phi) is 5.62. The molecule has 2 N–H and O–H groups in total. The Morgan fingerprint density at radius 3 is 2.81 bits per heavy atom. The second-order valence-corrected chi connectivity index (χ2v) is 5.41. The molecular formula is C14H17N3O3S. The molecule has 0 bridgehead atoms. The minimum absolute atomic E-state index is 0.0302. The van der Waals surface area contributed by atoms with E-state index in [0.29, 0.717) is 29.8 Å². The maximum Gasteiger partial charge on any atom is 0.276 e. The topological polar surface area (TPSA) is 88.2 Å². The van der Waals surface area contributed by atoms with Crippen LogP contribution in [0, 0.1) is 0 Å². The molecule has 0 aliphatic heterocycles. The highest BCUT2D eigenvalue weighted by Crippen LogP contribution is 2.24. The standard InChI is InChI=1S/C14H17N3O3S/c1-2-8-15-12(19)7-9-21-14-17-16-13(20-14)10-3-5-11(18)6-4-10/h3-6,18H,2,7-9H2,1H3,(H,15,19). The van der Waals surface area contributed by atoms with Gasteiger partial charge >= 0.3 is 0 Å². The number of aromatic hydroxyl groups is 1. The third-order valence-corrected chi connectivity index (χ3v) is 3.47. The third kappa shape index (κ3) is 4.78. The molecule has 0 fully saturated rings. The van der Waals surface area contributed by atoms with Gasteiger partial charge in [0.05, 0.1) is 0 Å². The first-order valence-corrected chi connectivity index (χ1v) is 7.70. The van der Waals surface area contributed by atoms with E-state index in [0.717, 1.165) is 12.0 Å². The van der Waals surface area contributed by atoms with Gasteiger partial charge in [-0.1, -0.05) is 18.7 Å². The van der Waals surface area contributed by atoms with Gasteiger partial charge in [0.25, 0.3) is 5.22 Å². The molecule has 0 aliphatic rings. The predicted molar refractivity (Wildman–Crippen MR) is 80.0 cm³/mol. The van der Waals surface area contributed by atoms with Crippen molar-refractivity contribution in [3.05, 3.63) is 24.3 Å². The molecule has 1 amide bonds. The first kappa shape index (κ1) is 15.4. The molecule has 2 aromatic rings. The Bertz CT molecular complexity index is 583. The second kappa shape index (κ2) is 7.68. The Balaban J connectivity index is 1.83. The maximum absolute atomic E-state index is 11.4. The summed E-state index contributed by atoms with van der Waals surface area (Å²) in [6.07, 6.45) is 1.35. The van der Waals surface area contributed by atoms with Crippen molar-refractivity contribution in [3.63, 3.8) is 0 Å². The molecule has 6 nitrogen and oxygen atoms in total. The first-order valence-electron chi connectivity index (χ1n) is 6.71. The average Bonchev–Trinajstić information content (AvgIpc) is 2.95. The second-order valence-electron chi connectivity index (χ2n) is 4.37. The van der Waals surface area contributed by atoms with Gasteiger partial charge in [-0.2, -0.15) is 0 Å². The Morgan fingerprint density at radius 1 is 1.33 bits per heavy atom. The highest BCUT2D eigenvalue weighted by molar-refractivity contribution is 7.99. The molecule has 0 atom stereocenters. The molecule has 0 saturated carbocycles. The Labute approximate surface area is 127 Å². The summed E-state index contributed by atoms with van der Waals surface area (Å²) in [4.78, 5) is 11.4. The lowest BCUT2D eigenvalue weighted by Gasteiger charge is -2.01. The van der Waals surface area contributed by atoms with Crippen molar-refractivity contribution in [1.82, 2.24) is 15.5 Å². The zero-order valence-electron chi connectivity index (χ0n) is 11.7. The van der Waals surface area contributed by atoms with Crippen molar-refractivity contribution in [2.45, 2.75) is 25.0 Å². The minimum Gasteiger partial charge on any atom is -0.508 e. The summed E-state index contributed by atoms with van der Waals surface area (Å²) < 4.78 is 5.50. The Morgan fingerprint density at radius 2 is 2.10 bits per heavy atom. The highest BCUT2D eigenvalue weighted by atomic mass is 32.2. The van der Waals surface area contributed by atoms with Gasteiger partial charge in [0.1, 0.15) is 5.75 Å². The first-order chi connectivity index (χ1) is 10.2. The highest BCUT2D eigenvalue weighted by Gasteiger charge is 2.09. The fourth-order valence-corrected chi connectivity index (χ4v) is 2.27. The van der Waals surface area contributed by atoms with Crippen molar-refractivity contribution in [2.75, 3.05) is 12.3 Å². The number of carbonyl (C=O) groups excluding carboxylic acids is 1. The van der Waals surface area contributed by atoms with Crippen LogP contribution in [-0.2, 0) is 4.79 Å². The zero-order chi connectivity index (χ0) is 15.1. The molecule has 0 radical (unpaired) electrons. The molecule has 1 aromatic heterocycles. The molecule has 2 rings (SSSR count). The summed E-state index contributed by atoms with van der Waals surface area (Å²) in [7, 11) is 0. The minimum atomic E-state index is 0.0302. The van der Waals surface area contributed by atoms with Crippen LogP contribution in [0.1, 0.15) is 19.8 Å². The van der Waals surface area contributed by atoms with Gasteiger partial charge in [-0.05, 0) is 30.7 Å². The molecular weight excluding hydrogens is 290 g/mol. The van der Waals surface area contributed by atoms with Crippen LogP contribution in [0.5, 0.6) is 5.75 Å². The normalized spacial score (nSPS) is 10.5. The molecule has 0 unspecified atom stereocenters. The molecule has 1 heterocycles. The summed E-state index contributed by atoms with van der Waals surface area (Å²) >= 11 is 1.35. The number of hydrogen-bond acceptors (Lipinski definition) is 6. The number of rotatable bonds is 7. The lowest BCUT2D eigenvalue weighted by atomic mass is 10.2. The number of hydrogen-bond donors (Lipinski definition) is 2. The van der Waals surface area contributed by atoms with E-state index in [4.69, 9.17) is 4.42 Å². The lowest BCUT2D eigenvalue weighted by Crippen LogP contribution is -2.24. The van der Waals surface area contributed by atoms with Gasteiger partial charge in [-0.3, -0.25) is 4.79 Å². The van der Waals surface area contributed by atoms with Crippen molar-refractivity contribution in [1.29, 1.82) is 0 Å². The zero-order valence-corrected chi connectivity index (χ0v) is 12.5. The molecule has 7 heteroatoms. The van der Waals surface area contributed by atoms with Crippen LogP contribution in [-0.4, -0.2) is 33.5 Å². The number of carbonyl (C=O) groups is 1. The molecule has 0 spiro atoms. The number of nitrogens with zero attached hydrogens (tertiary/aromatic N) is 2. The van der Waals surface area contributed by atoms with Crippen LogP contribution in [0.4, 0.5) is 0 Å². The van der Waals surface area contributed by atoms with E-state index < -0.39 is 0 Å². The van der Waals surface area contributed by atoms with Crippen LogP contribution in [0.2, 0.25) is 0 Å². The number of phenolic OH excluding ortho intramolecular Hbond substituents is 1. The van der Waals surface area contributed by atoms with Crippen LogP contribution in [0.15, 0.2) is 33.9 Å². The van der Waals surface area contributed by atoms with Crippen LogP contribution in [0.25, 0.3) is 11.5 Å². The van der Waals surface area contributed by atoms with Gasteiger partial charge in [0.15, 0.2) is 0 Å². The molecule has 112 valence electrons. The monoisotopic (exact) mass is 307 g/mol. The predicted octanol–water partition coefficient (Wildman–Crippen LogP) is 2.45. The van der Waals surface area contributed by atoms with E-state index in [1.165, 1.54) is 11.8 Å². The summed E-state index contributed by atoms with van der Waals surface area (Å²) in [5, 5.41) is 20.3. The number of thioether (sulfide) groups is 1. The van der Waals surface area contributed by atoms with Gasteiger partial charge in [0, 0.05) is 24.3 Å². The van der Waals surface area contributed by atoms with Crippen LogP contribution in [0.3, 0.4) is 0 Å². The molecule has 0 saturated heterocycles. The molecule has 1 aromatic carbocycles. The maximum atomic E-state index is 11.4.